The van der Waals surface area contributed by atoms with Crippen molar-refractivity contribution in [1.82, 2.24) is 0 Å². The Hall–Kier alpha value is -0.770. The Morgan fingerprint density at radius 1 is 1.06 bits per heavy atom. The number of hydrogen-bond donors (Lipinski definition) is 0. The molecule has 0 amide bonds. The number of rotatable bonds is 5. The second-order valence-corrected chi connectivity index (χ2v) is 15.9. The van der Waals surface area contributed by atoms with Gasteiger partial charge in [-0.1, -0.05) is 47.1 Å². The van der Waals surface area contributed by atoms with Crippen molar-refractivity contribution >= 4 is 29.0 Å². The number of carbonyl (C=O) groups excluding carboxylic acids is 2. The summed E-state index contributed by atoms with van der Waals surface area (Å²) >= 11 is 0. The smallest absolute Gasteiger partial charge is 0.302 e. The molecular weight excluding hydrogens is 484 g/mol. The van der Waals surface area contributed by atoms with Crippen LogP contribution in [0.3, 0.4) is 0 Å². The number of esters is 1. The van der Waals surface area contributed by atoms with Crippen molar-refractivity contribution in [2.24, 2.45) is 38.9 Å². The fourth-order valence-corrected chi connectivity index (χ4v) is 12.0. The van der Waals surface area contributed by atoms with Gasteiger partial charge in [0, 0.05) is 18.8 Å². The second-order valence-electron chi connectivity index (χ2n) is 14.0. The van der Waals surface area contributed by atoms with Gasteiger partial charge in [0.05, 0.1) is 6.07 Å². The van der Waals surface area contributed by atoms with Crippen LogP contribution in [-0.2, 0) is 14.3 Å². The molecule has 5 fully saturated rings. The van der Waals surface area contributed by atoms with Crippen LogP contribution in [0.1, 0.15) is 106 Å². The maximum absolute atomic E-state index is 12.8. The summed E-state index contributed by atoms with van der Waals surface area (Å²) in [5.41, 5.74) is 3.64. The third-order valence-electron chi connectivity index (χ3n) is 12.7. The molecule has 3 unspecified atom stereocenters. The SMILES string of the molecule is CC(=O)O[C@H]1CC[C@]23C[C@]24CC[C@]2(C)C(=C(C)CC(=O)C(C#N)PP)CC[C@@]2(C)[C@@H]4CC[C@H]3C1(C)C. The Morgan fingerprint density at radius 2 is 1.72 bits per heavy atom. The molecule has 0 heterocycles. The average Bonchev–Trinajstić information content (AvgIpc) is 3.38. The van der Waals surface area contributed by atoms with E-state index in [1.807, 2.05) is 0 Å². The van der Waals surface area contributed by atoms with Crippen molar-refractivity contribution in [3.8, 4) is 6.07 Å². The summed E-state index contributed by atoms with van der Waals surface area (Å²) < 4.78 is 5.87. The van der Waals surface area contributed by atoms with E-state index in [0.717, 1.165) is 18.8 Å². The molecule has 10 atom stereocenters. The fraction of sp³-hybridized carbons (Fsp3) is 0.833. The van der Waals surface area contributed by atoms with Gasteiger partial charge in [0.1, 0.15) is 11.8 Å². The third kappa shape index (κ3) is 3.37. The van der Waals surface area contributed by atoms with Crippen LogP contribution >= 0.6 is 17.2 Å². The molecule has 5 saturated carbocycles. The Balaban J connectivity index is 1.43. The van der Waals surface area contributed by atoms with Gasteiger partial charge < -0.3 is 4.74 Å². The van der Waals surface area contributed by atoms with Crippen LogP contribution in [-0.4, -0.2) is 23.5 Å². The van der Waals surface area contributed by atoms with Crippen LogP contribution in [0, 0.1) is 50.2 Å². The number of nitriles is 1. The number of hydrogen-bond acceptors (Lipinski definition) is 4. The standard InChI is InChI=1S/C30H45NO3P2/c1-18(15-21(33)22(16-31)36-35)20-9-11-28(6)24-8-7-23-26(3,4)25(34-19(2)32)10-12-29(23)17-30(24,29)14-13-27(20,28)5/h22-25,36H,7-15,17,35H2,1-6H3/t22?,23-,24-,25-,27+,28-,29+,30-/m0/s1. The summed E-state index contributed by atoms with van der Waals surface area (Å²) in [6.07, 6.45) is 11.5. The highest BCUT2D eigenvalue weighted by atomic mass is 32.0. The summed E-state index contributed by atoms with van der Waals surface area (Å²) in [6.45, 7) is 13.6. The Bertz CT molecular complexity index is 1060. The minimum atomic E-state index is -0.479. The lowest BCUT2D eigenvalue weighted by Crippen LogP contribution is -2.57. The first kappa shape index (κ1) is 26.8. The number of fused-ring (bicyclic) bond motifs is 2. The molecule has 6 heteroatoms. The van der Waals surface area contributed by atoms with Gasteiger partial charge in [-0.25, -0.2) is 0 Å². The topological polar surface area (TPSA) is 67.2 Å². The molecular formula is C30H45NO3P2. The van der Waals surface area contributed by atoms with Crippen LogP contribution in [0.25, 0.3) is 0 Å². The highest BCUT2D eigenvalue weighted by molar-refractivity contribution is 8.03. The zero-order chi connectivity index (χ0) is 26.3. The number of ether oxygens (including phenoxy) is 1. The Morgan fingerprint density at radius 3 is 2.36 bits per heavy atom. The van der Waals surface area contributed by atoms with Gasteiger partial charge in [0.2, 0.25) is 0 Å². The van der Waals surface area contributed by atoms with E-state index in [1.165, 1.54) is 56.1 Å². The van der Waals surface area contributed by atoms with Gasteiger partial charge in [-0.2, -0.15) is 5.26 Å². The second kappa shape index (κ2) is 8.62. The summed E-state index contributed by atoms with van der Waals surface area (Å²) in [6, 6.07) is 2.21. The molecule has 2 spiro atoms. The maximum Gasteiger partial charge on any atom is 0.302 e. The molecule has 0 radical (unpaired) electrons. The summed E-state index contributed by atoms with van der Waals surface area (Å²) in [7, 11) is 2.86. The van der Waals surface area contributed by atoms with Crippen LogP contribution in [0.4, 0.5) is 0 Å². The van der Waals surface area contributed by atoms with Gasteiger partial charge in [-0.15, -0.1) is 8.93 Å². The van der Waals surface area contributed by atoms with Crippen molar-refractivity contribution in [2.45, 2.75) is 118 Å². The number of allylic oxidation sites excluding steroid dienone is 2. The molecule has 0 aromatic carbocycles. The third-order valence-corrected chi connectivity index (χ3v) is 14.5. The highest BCUT2D eigenvalue weighted by Gasteiger charge is 2.82. The van der Waals surface area contributed by atoms with E-state index in [-0.39, 0.29) is 42.4 Å². The molecule has 5 aliphatic rings. The van der Waals surface area contributed by atoms with E-state index in [9.17, 15) is 14.9 Å². The molecule has 0 aromatic heterocycles. The van der Waals surface area contributed by atoms with E-state index in [1.54, 1.807) is 6.92 Å². The summed E-state index contributed by atoms with van der Waals surface area (Å²) in [5.74, 6) is 1.33. The monoisotopic (exact) mass is 529 g/mol. The van der Waals surface area contributed by atoms with Crippen molar-refractivity contribution in [3.05, 3.63) is 11.1 Å². The van der Waals surface area contributed by atoms with E-state index in [0.29, 0.717) is 23.2 Å². The fourth-order valence-electron chi connectivity index (χ4n) is 10.9. The van der Waals surface area contributed by atoms with E-state index >= 15 is 0 Å². The Labute approximate surface area is 222 Å². The molecule has 0 bridgehead atoms. The van der Waals surface area contributed by atoms with Gasteiger partial charge in [-0.3, -0.25) is 9.59 Å². The van der Waals surface area contributed by atoms with E-state index in [2.05, 4.69) is 49.6 Å². The molecule has 0 aliphatic heterocycles. The van der Waals surface area contributed by atoms with Crippen LogP contribution in [0.5, 0.6) is 0 Å². The average molecular weight is 530 g/mol. The number of Topliss-reactive ketones (excluding diaryl/α,β-unsaturated/α-hetero) is 1. The van der Waals surface area contributed by atoms with Crippen molar-refractivity contribution < 1.29 is 14.3 Å². The Kier molecular flexibility index (Phi) is 6.42. The van der Waals surface area contributed by atoms with E-state index < -0.39 is 5.66 Å². The molecule has 5 rings (SSSR count). The lowest BCUT2D eigenvalue weighted by atomic mass is 9.42. The molecule has 5 aliphatic carbocycles. The quantitative estimate of drug-likeness (QED) is 0.212. The minimum absolute atomic E-state index is 0.0350. The maximum atomic E-state index is 12.8. The number of ketones is 1. The highest BCUT2D eigenvalue weighted by Crippen LogP contribution is 2.89. The van der Waals surface area contributed by atoms with Crippen molar-refractivity contribution in [1.29, 1.82) is 5.26 Å². The van der Waals surface area contributed by atoms with Gasteiger partial charge in [0.25, 0.3) is 0 Å². The summed E-state index contributed by atoms with van der Waals surface area (Å²) in [4.78, 5) is 24.7. The first-order valence-corrected chi connectivity index (χ1v) is 17.0. The first-order chi connectivity index (χ1) is 16.8. The molecule has 4 nitrogen and oxygen atoms in total. The first-order valence-electron chi connectivity index (χ1n) is 14.1. The lowest BCUT2D eigenvalue weighted by Gasteiger charge is -2.62. The zero-order valence-electron chi connectivity index (χ0n) is 23.1. The molecule has 0 N–H and O–H groups in total. The number of nitrogens with zero attached hydrogens (tertiary/aromatic N) is 1. The normalized spacial score (nSPS) is 46.6. The molecule has 36 heavy (non-hydrogen) atoms. The van der Waals surface area contributed by atoms with Crippen LogP contribution in [0.15, 0.2) is 11.1 Å². The van der Waals surface area contributed by atoms with Crippen molar-refractivity contribution in [3.63, 3.8) is 0 Å². The van der Waals surface area contributed by atoms with E-state index in [4.69, 9.17) is 4.74 Å². The van der Waals surface area contributed by atoms with Crippen molar-refractivity contribution in [2.75, 3.05) is 0 Å². The van der Waals surface area contributed by atoms with Crippen LogP contribution in [0.2, 0.25) is 0 Å². The summed E-state index contributed by atoms with van der Waals surface area (Å²) in [5, 5.41) is 9.39. The molecule has 198 valence electrons. The lowest BCUT2D eigenvalue weighted by molar-refractivity contribution is -0.177. The van der Waals surface area contributed by atoms with Gasteiger partial charge in [-0.05, 0) is 98.2 Å². The molecule has 0 saturated heterocycles. The van der Waals surface area contributed by atoms with Gasteiger partial charge >= 0.3 is 5.97 Å². The van der Waals surface area contributed by atoms with Gasteiger partial charge in [0.15, 0.2) is 5.78 Å². The zero-order valence-corrected chi connectivity index (χ0v) is 25.3. The predicted octanol–water partition coefficient (Wildman–Crippen LogP) is 7.38. The number of carbonyl (C=O) groups is 2. The predicted molar refractivity (Wildman–Crippen MR) is 149 cm³/mol. The largest absolute Gasteiger partial charge is 0.462 e. The molecule has 0 aromatic rings. The minimum Gasteiger partial charge on any atom is -0.462 e. The van der Waals surface area contributed by atoms with Crippen LogP contribution < -0.4 is 0 Å².